The summed E-state index contributed by atoms with van der Waals surface area (Å²) >= 11 is 0. The van der Waals surface area contributed by atoms with E-state index in [-0.39, 0.29) is 5.56 Å². The van der Waals surface area contributed by atoms with Gasteiger partial charge in [-0.1, -0.05) is 6.07 Å². The van der Waals surface area contributed by atoms with Crippen molar-refractivity contribution in [2.24, 2.45) is 10.8 Å². The second kappa shape index (κ2) is 6.24. The molecule has 4 nitrogen and oxygen atoms in total. The molecule has 0 radical (unpaired) electrons. The van der Waals surface area contributed by atoms with Gasteiger partial charge in [-0.3, -0.25) is 10.7 Å². The smallest absolute Gasteiger partial charge is 0.191 e. The first-order valence-corrected chi connectivity index (χ1v) is 7.59. The molecule has 0 fully saturated rings. The van der Waals surface area contributed by atoms with Gasteiger partial charge in [-0.05, 0) is 13.0 Å². The number of benzene rings is 2. The van der Waals surface area contributed by atoms with Crippen LogP contribution >= 0.6 is 0 Å². The fourth-order valence-corrected chi connectivity index (χ4v) is 3.10. The van der Waals surface area contributed by atoms with Crippen molar-refractivity contribution in [3.05, 3.63) is 65.0 Å². The molecule has 0 saturated heterocycles. The van der Waals surface area contributed by atoms with Crippen LogP contribution in [0, 0.1) is 29.1 Å². The highest BCUT2D eigenvalue weighted by Crippen LogP contribution is 2.39. The number of nitrogens with zero attached hydrogens (tertiary/aromatic N) is 2. The molecule has 26 heavy (non-hydrogen) atoms. The van der Waals surface area contributed by atoms with E-state index in [1.54, 1.807) is 6.92 Å². The van der Waals surface area contributed by atoms with Crippen LogP contribution < -0.4 is 11.1 Å². The minimum absolute atomic E-state index is 0.00470. The first kappa shape index (κ1) is 18.1. The monoisotopic (exact) mass is 370 g/mol. The third-order valence-electron chi connectivity index (χ3n) is 4.31. The fourth-order valence-electron chi connectivity index (χ4n) is 3.10. The summed E-state index contributed by atoms with van der Waals surface area (Å²) in [6, 6.07) is 3.90. The number of likely N-dealkylation sites (N-methyl/N-ethyl adjacent to an activating group) is 1. The Bertz CT molecular complexity index is 878. The lowest BCUT2D eigenvalue weighted by Crippen LogP contribution is -2.60. The van der Waals surface area contributed by atoms with E-state index >= 15 is 0 Å². The lowest BCUT2D eigenvalue weighted by molar-refractivity contribution is 0.171. The van der Waals surface area contributed by atoms with E-state index < -0.39 is 46.5 Å². The maximum absolute atomic E-state index is 14.3. The molecule has 0 bridgehead atoms. The fraction of sp³-hybridized carbons (Fsp3) is 0.235. The lowest BCUT2D eigenvalue weighted by Gasteiger charge is -2.38. The molecule has 0 aliphatic carbocycles. The summed E-state index contributed by atoms with van der Waals surface area (Å²) in [4.78, 5) is 0. The van der Waals surface area contributed by atoms with Crippen LogP contribution in [0.3, 0.4) is 0 Å². The normalized spacial score (nSPS) is 22.5. The van der Waals surface area contributed by atoms with Crippen molar-refractivity contribution in [3.63, 3.8) is 0 Å². The summed E-state index contributed by atoms with van der Waals surface area (Å²) in [6.45, 7) is 1.55. The highest BCUT2D eigenvalue weighted by atomic mass is 19.2. The molecule has 0 saturated carbocycles. The third-order valence-corrected chi connectivity index (χ3v) is 4.31. The van der Waals surface area contributed by atoms with Gasteiger partial charge < -0.3 is 5.32 Å². The van der Waals surface area contributed by atoms with Gasteiger partial charge in [0.1, 0.15) is 23.1 Å². The Morgan fingerprint density at radius 3 is 2.15 bits per heavy atom. The molecule has 2 atom stereocenters. The Labute approximate surface area is 146 Å². The minimum atomic E-state index is -1.78. The summed E-state index contributed by atoms with van der Waals surface area (Å²) in [7, 11) is 1.43. The average Bonchev–Trinajstić information content (AvgIpc) is 2.74. The van der Waals surface area contributed by atoms with Crippen molar-refractivity contribution in [2.75, 3.05) is 12.4 Å². The molecule has 2 aromatic rings. The lowest BCUT2D eigenvalue weighted by atomic mass is 9.88. The van der Waals surface area contributed by atoms with Gasteiger partial charge in [0.05, 0.1) is 5.92 Å². The number of nitrogens with two attached hydrogens (primary N) is 1. The number of nitrogens with one attached hydrogen (secondary N) is 1. The van der Waals surface area contributed by atoms with Crippen LogP contribution in [-0.4, -0.2) is 23.6 Å². The van der Waals surface area contributed by atoms with Crippen LogP contribution in [0.4, 0.5) is 27.6 Å². The Morgan fingerprint density at radius 1 is 1.00 bits per heavy atom. The van der Waals surface area contributed by atoms with E-state index in [4.69, 9.17) is 5.73 Å². The van der Waals surface area contributed by atoms with Crippen LogP contribution in [0.2, 0.25) is 0 Å². The molecule has 138 valence electrons. The number of anilines is 1. The van der Waals surface area contributed by atoms with Crippen LogP contribution in [0.15, 0.2) is 35.4 Å². The van der Waals surface area contributed by atoms with Crippen LogP contribution in [0.5, 0.6) is 0 Å². The second-order valence-electron chi connectivity index (χ2n) is 6.06. The van der Waals surface area contributed by atoms with Crippen molar-refractivity contribution < 1.29 is 22.0 Å². The first-order valence-electron chi connectivity index (χ1n) is 7.59. The highest BCUT2D eigenvalue weighted by molar-refractivity contribution is 5.92. The van der Waals surface area contributed by atoms with Gasteiger partial charge in [0, 0.05) is 36.5 Å². The van der Waals surface area contributed by atoms with Crippen molar-refractivity contribution in [1.82, 2.24) is 5.01 Å². The van der Waals surface area contributed by atoms with Gasteiger partial charge >= 0.3 is 0 Å². The number of rotatable bonds is 3. The predicted molar refractivity (Wildman–Crippen MR) is 86.8 cm³/mol. The van der Waals surface area contributed by atoms with Crippen LogP contribution in [0.25, 0.3) is 0 Å². The van der Waals surface area contributed by atoms with E-state index in [1.165, 1.54) is 18.1 Å². The predicted octanol–water partition coefficient (Wildman–Crippen LogP) is 3.51. The van der Waals surface area contributed by atoms with Gasteiger partial charge in [-0.25, -0.2) is 22.0 Å². The quantitative estimate of drug-likeness (QED) is 0.642. The molecule has 3 rings (SSSR count). The molecule has 3 N–H and O–H groups in total. The Kier molecular flexibility index (Phi) is 4.35. The molecular formula is C17H15F5N4. The maximum atomic E-state index is 14.3. The molecule has 2 unspecified atom stereocenters. The zero-order valence-corrected chi connectivity index (χ0v) is 13.8. The number of hydrogen-bond acceptors (Lipinski definition) is 4. The van der Waals surface area contributed by atoms with Crippen molar-refractivity contribution in [1.29, 1.82) is 0 Å². The molecule has 0 aromatic heterocycles. The molecule has 1 aliphatic rings. The number of hydrazone groups is 1. The second-order valence-corrected chi connectivity index (χ2v) is 6.06. The summed E-state index contributed by atoms with van der Waals surface area (Å²) in [5.74, 6) is -7.92. The Balaban J connectivity index is 2.08. The van der Waals surface area contributed by atoms with Crippen molar-refractivity contribution in [2.45, 2.75) is 18.6 Å². The van der Waals surface area contributed by atoms with Gasteiger partial charge in [-0.2, -0.15) is 5.10 Å². The van der Waals surface area contributed by atoms with E-state index in [2.05, 4.69) is 10.4 Å². The summed E-state index contributed by atoms with van der Waals surface area (Å²) in [5.41, 5.74) is 5.95. The number of hydrogen-bond donors (Lipinski definition) is 2. The van der Waals surface area contributed by atoms with Gasteiger partial charge in [0.25, 0.3) is 0 Å². The van der Waals surface area contributed by atoms with E-state index in [1.807, 2.05) is 0 Å². The van der Waals surface area contributed by atoms with Crippen molar-refractivity contribution >= 4 is 11.4 Å². The Morgan fingerprint density at radius 2 is 1.58 bits per heavy atom. The minimum Gasteiger partial charge on any atom is -0.344 e. The standard InChI is InChI=1S/C17H15F5N4/c1-8-15(11-4-3-9(18)5-12(11)20)17(23,26(2)25-8)24-16-13(21)6-10(19)7-14(16)22/h3-7,15,24H,23H2,1-2H3. The molecule has 2 aromatic carbocycles. The van der Waals surface area contributed by atoms with Crippen molar-refractivity contribution in [3.8, 4) is 0 Å². The van der Waals surface area contributed by atoms with Gasteiger partial charge in [-0.15, -0.1) is 0 Å². The summed E-state index contributed by atoms with van der Waals surface area (Å²) in [5, 5.41) is 7.76. The highest BCUT2D eigenvalue weighted by Gasteiger charge is 2.48. The largest absolute Gasteiger partial charge is 0.344 e. The Hall–Kier alpha value is -2.68. The van der Waals surface area contributed by atoms with Crippen LogP contribution in [0.1, 0.15) is 18.4 Å². The maximum Gasteiger partial charge on any atom is 0.191 e. The molecular weight excluding hydrogens is 355 g/mol. The summed E-state index contributed by atoms with van der Waals surface area (Å²) < 4.78 is 68.7. The molecule has 1 heterocycles. The topological polar surface area (TPSA) is 53.6 Å². The molecule has 1 aliphatic heterocycles. The van der Waals surface area contributed by atoms with E-state index in [9.17, 15) is 22.0 Å². The average molecular weight is 370 g/mol. The van der Waals surface area contributed by atoms with E-state index in [0.717, 1.165) is 6.07 Å². The third kappa shape index (κ3) is 2.88. The first-order chi connectivity index (χ1) is 12.1. The molecule has 0 spiro atoms. The van der Waals surface area contributed by atoms with Gasteiger partial charge in [0.15, 0.2) is 17.4 Å². The molecule has 9 heteroatoms. The van der Waals surface area contributed by atoms with Crippen LogP contribution in [-0.2, 0) is 0 Å². The molecule has 0 amide bonds. The van der Waals surface area contributed by atoms with Gasteiger partial charge in [0.2, 0.25) is 0 Å². The SMILES string of the molecule is CC1=NN(C)C(N)(Nc2c(F)cc(F)cc2F)C1c1ccc(F)cc1F. The zero-order chi connectivity index (χ0) is 19.2. The summed E-state index contributed by atoms with van der Waals surface area (Å²) in [6.07, 6.45) is 0. The van der Waals surface area contributed by atoms with E-state index in [0.29, 0.717) is 23.9 Å². The number of halogens is 5. The zero-order valence-electron chi connectivity index (χ0n) is 13.8.